The number of thiocarbonyl (C=S) groups is 1. The van der Waals surface area contributed by atoms with Gasteiger partial charge in [-0.15, -0.1) is 0 Å². The lowest BCUT2D eigenvalue weighted by molar-refractivity contribution is 0.0977. The monoisotopic (exact) mass is 386 g/mol. The van der Waals surface area contributed by atoms with Crippen LogP contribution in [0.1, 0.15) is 44.5 Å². The van der Waals surface area contributed by atoms with Crippen molar-refractivity contribution in [2.75, 3.05) is 5.32 Å². The summed E-state index contributed by atoms with van der Waals surface area (Å²) in [5.41, 5.74) is 1.18. The van der Waals surface area contributed by atoms with E-state index in [0.717, 1.165) is 6.42 Å². The maximum Gasteiger partial charge on any atom is 0.257 e. The van der Waals surface area contributed by atoms with E-state index in [1.165, 1.54) is 0 Å². The molecule has 1 amide bonds. The standard InChI is InChI=1S/C21H26N2O3S/c1-5-15(4)26-17-10-8-9-16(13-17)20(24)23-21(27)22-18-11-6-7-12-19(18)25-14(2)3/h6-15H,5H2,1-4H3,(H2,22,23,24,27). The highest BCUT2D eigenvalue weighted by Crippen LogP contribution is 2.24. The van der Waals surface area contributed by atoms with Gasteiger partial charge >= 0.3 is 0 Å². The maximum absolute atomic E-state index is 12.5. The Morgan fingerprint density at radius 3 is 2.52 bits per heavy atom. The highest BCUT2D eigenvalue weighted by atomic mass is 32.1. The van der Waals surface area contributed by atoms with Crippen molar-refractivity contribution in [1.82, 2.24) is 5.32 Å². The van der Waals surface area contributed by atoms with Crippen molar-refractivity contribution < 1.29 is 14.3 Å². The van der Waals surface area contributed by atoms with Crippen LogP contribution in [0.2, 0.25) is 0 Å². The van der Waals surface area contributed by atoms with Crippen LogP contribution >= 0.6 is 12.2 Å². The van der Waals surface area contributed by atoms with E-state index < -0.39 is 0 Å². The van der Waals surface area contributed by atoms with Gasteiger partial charge in [-0.2, -0.15) is 0 Å². The predicted molar refractivity (Wildman–Crippen MR) is 113 cm³/mol. The maximum atomic E-state index is 12.5. The molecule has 0 saturated carbocycles. The number of hydrogen-bond acceptors (Lipinski definition) is 4. The van der Waals surface area contributed by atoms with Gasteiger partial charge in [-0.3, -0.25) is 10.1 Å². The van der Waals surface area contributed by atoms with Gasteiger partial charge in [0.25, 0.3) is 5.91 Å². The first-order valence-corrected chi connectivity index (χ1v) is 9.44. The van der Waals surface area contributed by atoms with E-state index in [1.54, 1.807) is 18.2 Å². The molecule has 144 valence electrons. The van der Waals surface area contributed by atoms with E-state index in [-0.39, 0.29) is 23.2 Å². The fourth-order valence-corrected chi connectivity index (χ4v) is 2.48. The summed E-state index contributed by atoms with van der Waals surface area (Å²) in [5, 5.41) is 5.91. The molecule has 2 rings (SSSR count). The van der Waals surface area contributed by atoms with Crippen molar-refractivity contribution in [3.05, 3.63) is 54.1 Å². The Balaban J connectivity index is 2.02. The lowest BCUT2D eigenvalue weighted by atomic mass is 10.2. The molecule has 5 nitrogen and oxygen atoms in total. The Morgan fingerprint density at radius 2 is 1.81 bits per heavy atom. The van der Waals surface area contributed by atoms with Gasteiger partial charge in [-0.05, 0) is 69.7 Å². The molecule has 0 aliphatic heterocycles. The Bertz CT molecular complexity index is 793. The van der Waals surface area contributed by atoms with E-state index in [0.29, 0.717) is 22.7 Å². The van der Waals surface area contributed by atoms with Crippen LogP contribution in [0.5, 0.6) is 11.5 Å². The molecule has 0 aromatic heterocycles. The smallest absolute Gasteiger partial charge is 0.257 e. The van der Waals surface area contributed by atoms with Crippen molar-refractivity contribution in [2.24, 2.45) is 0 Å². The van der Waals surface area contributed by atoms with Crippen LogP contribution in [0.25, 0.3) is 0 Å². The van der Waals surface area contributed by atoms with Crippen molar-refractivity contribution in [3.63, 3.8) is 0 Å². The summed E-state index contributed by atoms with van der Waals surface area (Å²) < 4.78 is 11.5. The van der Waals surface area contributed by atoms with Gasteiger partial charge in [0.05, 0.1) is 17.9 Å². The minimum absolute atomic E-state index is 0.0318. The lowest BCUT2D eigenvalue weighted by Crippen LogP contribution is -2.34. The van der Waals surface area contributed by atoms with Crippen molar-refractivity contribution in [3.8, 4) is 11.5 Å². The van der Waals surface area contributed by atoms with Crippen LogP contribution in [0.3, 0.4) is 0 Å². The van der Waals surface area contributed by atoms with E-state index in [2.05, 4.69) is 10.6 Å². The Hall–Kier alpha value is -2.60. The molecular weight excluding hydrogens is 360 g/mol. The zero-order valence-corrected chi connectivity index (χ0v) is 16.9. The molecule has 1 atom stereocenters. The number of carbonyl (C=O) groups excluding carboxylic acids is 1. The Kier molecular flexibility index (Phi) is 7.61. The molecule has 2 aromatic carbocycles. The second kappa shape index (κ2) is 9.92. The number of anilines is 1. The summed E-state index contributed by atoms with van der Waals surface area (Å²) in [5.74, 6) is 1.03. The van der Waals surface area contributed by atoms with Gasteiger partial charge in [-0.25, -0.2) is 0 Å². The average molecular weight is 387 g/mol. The number of amides is 1. The molecule has 0 spiro atoms. The molecule has 0 fully saturated rings. The van der Waals surface area contributed by atoms with Gasteiger partial charge in [-0.1, -0.05) is 25.1 Å². The fourth-order valence-electron chi connectivity index (χ4n) is 2.28. The number of benzene rings is 2. The summed E-state index contributed by atoms with van der Waals surface area (Å²) in [6.07, 6.45) is 1.01. The molecule has 0 aliphatic rings. The van der Waals surface area contributed by atoms with Crippen LogP contribution in [0.15, 0.2) is 48.5 Å². The first-order valence-electron chi connectivity index (χ1n) is 9.03. The molecule has 0 radical (unpaired) electrons. The quantitative estimate of drug-likeness (QED) is 0.671. The number of hydrogen-bond donors (Lipinski definition) is 2. The average Bonchev–Trinajstić information content (AvgIpc) is 2.63. The van der Waals surface area contributed by atoms with Crippen LogP contribution in [0.4, 0.5) is 5.69 Å². The van der Waals surface area contributed by atoms with Gasteiger partial charge in [0.1, 0.15) is 11.5 Å². The third-order valence-corrected chi connectivity index (χ3v) is 3.94. The molecule has 6 heteroatoms. The minimum Gasteiger partial charge on any atom is -0.491 e. The fraction of sp³-hybridized carbons (Fsp3) is 0.333. The molecular formula is C21H26N2O3S. The van der Waals surface area contributed by atoms with E-state index in [1.807, 2.05) is 58.0 Å². The van der Waals surface area contributed by atoms with E-state index >= 15 is 0 Å². The molecule has 0 bridgehead atoms. The second-order valence-electron chi connectivity index (χ2n) is 6.44. The molecule has 0 saturated heterocycles. The normalized spacial score (nSPS) is 11.6. The summed E-state index contributed by atoms with van der Waals surface area (Å²) >= 11 is 5.28. The number of rotatable bonds is 7. The van der Waals surface area contributed by atoms with Crippen LogP contribution < -0.4 is 20.1 Å². The third kappa shape index (κ3) is 6.57. The van der Waals surface area contributed by atoms with E-state index in [4.69, 9.17) is 21.7 Å². The van der Waals surface area contributed by atoms with Gasteiger partial charge in [0.2, 0.25) is 0 Å². The molecule has 0 aliphatic carbocycles. The molecule has 27 heavy (non-hydrogen) atoms. The SMILES string of the molecule is CCC(C)Oc1cccc(C(=O)NC(=S)Nc2ccccc2OC(C)C)c1. The molecule has 1 unspecified atom stereocenters. The predicted octanol–water partition coefficient (Wildman–Crippen LogP) is 4.78. The van der Waals surface area contributed by atoms with E-state index in [9.17, 15) is 4.79 Å². The second-order valence-corrected chi connectivity index (χ2v) is 6.84. The zero-order valence-electron chi connectivity index (χ0n) is 16.1. The third-order valence-electron chi connectivity index (χ3n) is 3.73. The Morgan fingerprint density at radius 1 is 1.07 bits per heavy atom. The van der Waals surface area contributed by atoms with Crippen molar-refractivity contribution in [1.29, 1.82) is 0 Å². The highest BCUT2D eigenvalue weighted by molar-refractivity contribution is 7.80. The van der Waals surface area contributed by atoms with Crippen LogP contribution in [0, 0.1) is 0 Å². The molecule has 0 heterocycles. The number of nitrogens with one attached hydrogen (secondary N) is 2. The van der Waals surface area contributed by atoms with Gasteiger partial charge in [0, 0.05) is 5.56 Å². The zero-order chi connectivity index (χ0) is 19.8. The first kappa shape index (κ1) is 20.7. The van der Waals surface area contributed by atoms with Gasteiger partial charge in [0.15, 0.2) is 5.11 Å². The summed E-state index contributed by atoms with van der Waals surface area (Å²) in [6, 6.07) is 14.5. The molecule has 2 N–H and O–H groups in total. The number of ether oxygens (including phenoxy) is 2. The van der Waals surface area contributed by atoms with Crippen molar-refractivity contribution in [2.45, 2.75) is 46.3 Å². The van der Waals surface area contributed by atoms with Crippen LogP contribution in [-0.2, 0) is 0 Å². The summed E-state index contributed by atoms with van der Waals surface area (Å²) in [4.78, 5) is 12.5. The summed E-state index contributed by atoms with van der Waals surface area (Å²) in [6.45, 7) is 7.94. The highest BCUT2D eigenvalue weighted by Gasteiger charge is 2.12. The number of carbonyl (C=O) groups is 1. The minimum atomic E-state index is -0.302. The largest absolute Gasteiger partial charge is 0.491 e. The number of para-hydroxylation sites is 2. The van der Waals surface area contributed by atoms with Gasteiger partial charge < -0.3 is 14.8 Å². The first-order chi connectivity index (χ1) is 12.9. The lowest BCUT2D eigenvalue weighted by Gasteiger charge is -2.16. The Labute approximate surface area is 166 Å². The van der Waals surface area contributed by atoms with Crippen LogP contribution in [-0.4, -0.2) is 23.2 Å². The van der Waals surface area contributed by atoms with Crippen molar-refractivity contribution >= 4 is 28.9 Å². The summed E-state index contributed by atoms with van der Waals surface area (Å²) in [7, 11) is 0. The topological polar surface area (TPSA) is 59.6 Å². The molecule has 2 aromatic rings.